The van der Waals surface area contributed by atoms with E-state index in [1.165, 1.54) is 9.75 Å². The van der Waals surface area contributed by atoms with Crippen LogP contribution >= 0.6 is 22.7 Å². The van der Waals surface area contributed by atoms with Crippen LogP contribution in [0.1, 0.15) is 53.4 Å². The number of aryl methyl sites for hydroxylation is 2. The van der Waals surface area contributed by atoms with Gasteiger partial charge in [0.25, 0.3) is 5.56 Å². The molecule has 1 saturated heterocycles. The Bertz CT molecular complexity index is 1280. The van der Waals surface area contributed by atoms with Crippen LogP contribution in [0.25, 0.3) is 20.8 Å². The van der Waals surface area contributed by atoms with E-state index in [1.54, 1.807) is 22.7 Å². The van der Waals surface area contributed by atoms with Crippen molar-refractivity contribution in [2.45, 2.75) is 44.2 Å². The van der Waals surface area contributed by atoms with Crippen LogP contribution in [0.5, 0.6) is 0 Å². The summed E-state index contributed by atoms with van der Waals surface area (Å²) in [5, 5.41) is 21.4. The predicted octanol–water partition coefficient (Wildman–Crippen LogP) is 3.80. The van der Waals surface area contributed by atoms with Crippen LogP contribution in [-0.2, 0) is 12.8 Å². The standard InChI is InChI=1S/C22H23N5O2S2/c28-20-18-13-3-1-4-16(13)31-21(18)24-19(23-20)22(29)27-8-6-12(7-9-27)14-11-15(26-25-14)17-5-2-10-30-17/h2,5,10-12,22,29H,1,3-4,6-9H2,(H,25,26)(H,23,24,28). The number of hydrogen-bond donors (Lipinski definition) is 3. The van der Waals surface area contributed by atoms with Gasteiger partial charge in [0.15, 0.2) is 12.1 Å². The van der Waals surface area contributed by atoms with Crippen molar-refractivity contribution in [1.29, 1.82) is 0 Å². The van der Waals surface area contributed by atoms with Crippen molar-refractivity contribution in [1.82, 2.24) is 25.1 Å². The Balaban J connectivity index is 1.17. The number of thiophene rings is 2. The molecule has 2 aliphatic rings. The minimum atomic E-state index is -0.890. The second kappa shape index (κ2) is 7.67. The summed E-state index contributed by atoms with van der Waals surface area (Å²) >= 11 is 3.29. The van der Waals surface area contributed by atoms with Crippen LogP contribution in [-0.4, -0.2) is 43.3 Å². The smallest absolute Gasteiger partial charge is 0.260 e. The van der Waals surface area contributed by atoms with Gasteiger partial charge in [-0.05, 0) is 55.2 Å². The van der Waals surface area contributed by atoms with Gasteiger partial charge in [-0.25, -0.2) is 4.98 Å². The third-order valence-corrected chi connectivity index (χ3v) is 8.60. The highest BCUT2D eigenvalue weighted by atomic mass is 32.1. The van der Waals surface area contributed by atoms with E-state index in [0.717, 1.165) is 72.4 Å². The second-order valence-electron chi connectivity index (χ2n) is 8.36. The first-order valence-corrected chi connectivity index (χ1v) is 12.4. The van der Waals surface area contributed by atoms with E-state index in [4.69, 9.17) is 0 Å². The highest BCUT2D eigenvalue weighted by molar-refractivity contribution is 7.18. The minimum absolute atomic E-state index is 0.119. The molecule has 4 aromatic rings. The third kappa shape index (κ3) is 3.36. The van der Waals surface area contributed by atoms with Gasteiger partial charge in [0.2, 0.25) is 0 Å². The number of fused-ring (bicyclic) bond motifs is 3. The molecule has 0 amide bonds. The molecule has 1 aliphatic carbocycles. The first-order chi connectivity index (χ1) is 15.2. The zero-order chi connectivity index (χ0) is 20.9. The summed E-state index contributed by atoms with van der Waals surface area (Å²) in [4.78, 5) is 25.4. The lowest BCUT2D eigenvalue weighted by molar-refractivity contribution is -0.0194. The lowest BCUT2D eigenvalue weighted by Gasteiger charge is -2.34. The Kier molecular flexibility index (Phi) is 4.79. The maximum Gasteiger partial charge on any atom is 0.260 e. The van der Waals surface area contributed by atoms with Crippen molar-refractivity contribution in [3.8, 4) is 10.6 Å². The Morgan fingerprint density at radius 2 is 2.13 bits per heavy atom. The van der Waals surface area contributed by atoms with E-state index >= 15 is 0 Å². The molecule has 7 nitrogen and oxygen atoms in total. The monoisotopic (exact) mass is 453 g/mol. The van der Waals surface area contributed by atoms with Crippen LogP contribution in [0.2, 0.25) is 0 Å². The van der Waals surface area contributed by atoms with Crippen molar-refractivity contribution >= 4 is 32.9 Å². The lowest BCUT2D eigenvalue weighted by Crippen LogP contribution is -2.37. The topological polar surface area (TPSA) is 97.9 Å². The van der Waals surface area contributed by atoms with Crippen molar-refractivity contribution in [2.24, 2.45) is 0 Å². The molecule has 1 unspecified atom stereocenters. The van der Waals surface area contributed by atoms with E-state index in [9.17, 15) is 9.90 Å². The molecular formula is C22H23N5O2S2. The highest BCUT2D eigenvalue weighted by Crippen LogP contribution is 2.36. The molecule has 6 rings (SSSR count). The maximum atomic E-state index is 12.7. The maximum absolute atomic E-state index is 12.7. The molecule has 5 heterocycles. The molecule has 1 fully saturated rings. The van der Waals surface area contributed by atoms with Crippen LogP contribution in [0.3, 0.4) is 0 Å². The number of H-pyrrole nitrogens is 2. The molecule has 9 heteroatoms. The van der Waals surface area contributed by atoms with Gasteiger partial charge in [0.1, 0.15) is 10.5 Å². The summed E-state index contributed by atoms with van der Waals surface area (Å²) in [5.74, 6) is 0.747. The number of aromatic nitrogens is 4. The molecule has 1 aliphatic heterocycles. The molecule has 3 N–H and O–H groups in total. The number of piperidine rings is 1. The molecule has 4 aromatic heterocycles. The number of aliphatic hydroxyl groups is 1. The number of hydrogen-bond acceptors (Lipinski definition) is 7. The summed E-state index contributed by atoms with van der Waals surface area (Å²) in [6, 6.07) is 6.26. The SMILES string of the molecule is O=c1[nH]c(C(O)N2CCC(c3cc(-c4cccs4)n[nH]3)CC2)nc2sc3c(c12)CCC3. The number of aliphatic hydroxyl groups excluding tert-OH is 1. The quantitative estimate of drug-likeness (QED) is 0.437. The average molecular weight is 454 g/mol. The molecule has 160 valence electrons. The molecule has 0 saturated carbocycles. The van der Waals surface area contributed by atoms with Crippen LogP contribution in [0.15, 0.2) is 28.4 Å². The van der Waals surface area contributed by atoms with Crippen LogP contribution < -0.4 is 5.56 Å². The summed E-state index contributed by atoms with van der Waals surface area (Å²) in [6.07, 6.45) is 4.05. The van der Waals surface area contributed by atoms with Gasteiger partial charge in [-0.15, -0.1) is 22.7 Å². The fourth-order valence-corrected chi connectivity index (χ4v) is 6.82. The van der Waals surface area contributed by atoms with Gasteiger partial charge in [0, 0.05) is 29.6 Å². The molecule has 31 heavy (non-hydrogen) atoms. The number of aromatic amines is 2. The normalized spacial score (nSPS) is 18.6. The van der Waals surface area contributed by atoms with Gasteiger partial charge in [-0.1, -0.05) is 6.07 Å². The Hall–Kier alpha value is -2.33. The largest absolute Gasteiger partial charge is 0.371 e. The van der Waals surface area contributed by atoms with Gasteiger partial charge < -0.3 is 10.1 Å². The van der Waals surface area contributed by atoms with E-state index in [2.05, 4.69) is 37.7 Å². The average Bonchev–Trinajstić information content (AvgIpc) is 3.57. The zero-order valence-corrected chi connectivity index (χ0v) is 18.6. The van der Waals surface area contributed by atoms with Crippen molar-refractivity contribution in [3.05, 3.63) is 55.9 Å². The first-order valence-electron chi connectivity index (χ1n) is 10.7. The third-order valence-electron chi connectivity index (χ3n) is 6.52. The van der Waals surface area contributed by atoms with Crippen molar-refractivity contribution < 1.29 is 5.11 Å². The van der Waals surface area contributed by atoms with Crippen molar-refractivity contribution in [3.63, 3.8) is 0 Å². The van der Waals surface area contributed by atoms with Gasteiger partial charge in [-0.3, -0.25) is 14.8 Å². The molecule has 1 atom stereocenters. The molecule has 0 bridgehead atoms. The Labute approximate surface area is 186 Å². The van der Waals surface area contributed by atoms with Gasteiger partial charge in [-0.2, -0.15) is 5.10 Å². The highest BCUT2D eigenvalue weighted by Gasteiger charge is 2.29. The van der Waals surface area contributed by atoms with Crippen LogP contribution in [0.4, 0.5) is 0 Å². The van der Waals surface area contributed by atoms with Gasteiger partial charge in [0.05, 0.1) is 10.3 Å². The first kappa shape index (κ1) is 19.4. The number of nitrogens with one attached hydrogen (secondary N) is 2. The van der Waals surface area contributed by atoms with E-state index < -0.39 is 6.23 Å². The summed E-state index contributed by atoms with van der Waals surface area (Å²) in [6.45, 7) is 1.48. The fraction of sp³-hybridized carbons (Fsp3) is 0.409. The lowest BCUT2D eigenvalue weighted by atomic mass is 9.93. The minimum Gasteiger partial charge on any atom is -0.371 e. The van der Waals surface area contributed by atoms with Crippen LogP contribution in [0, 0.1) is 0 Å². The van der Waals surface area contributed by atoms with E-state index in [1.807, 2.05) is 11.0 Å². The summed E-state index contributed by atoms with van der Waals surface area (Å²) in [5.41, 5.74) is 3.19. The fourth-order valence-electron chi connectivity index (χ4n) is 4.87. The number of rotatable bonds is 4. The number of likely N-dealkylation sites (tertiary alicyclic amines) is 1. The molecule has 0 spiro atoms. The zero-order valence-electron chi connectivity index (χ0n) is 16.9. The Morgan fingerprint density at radius 1 is 1.26 bits per heavy atom. The predicted molar refractivity (Wildman–Crippen MR) is 123 cm³/mol. The van der Waals surface area contributed by atoms with E-state index in [-0.39, 0.29) is 5.56 Å². The second-order valence-corrected chi connectivity index (χ2v) is 10.4. The van der Waals surface area contributed by atoms with E-state index in [0.29, 0.717) is 11.7 Å². The molecule has 0 aromatic carbocycles. The summed E-state index contributed by atoms with van der Waals surface area (Å²) in [7, 11) is 0. The molecule has 0 radical (unpaired) electrons. The Morgan fingerprint density at radius 3 is 2.94 bits per heavy atom. The number of nitrogens with zero attached hydrogens (tertiary/aromatic N) is 3. The summed E-state index contributed by atoms with van der Waals surface area (Å²) < 4.78 is 0. The van der Waals surface area contributed by atoms with Crippen molar-refractivity contribution in [2.75, 3.05) is 13.1 Å². The van der Waals surface area contributed by atoms with Gasteiger partial charge >= 0.3 is 0 Å². The molecular weight excluding hydrogens is 430 g/mol.